The van der Waals surface area contributed by atoms with E-state index in [1.807, 2.05) is 30.5 Å². The molecule has 4 rings (SSSR count). The molecule has 0 saturated carbocycles. The highest BCUT2D eigenvalue weighted by molar-refractivity contribution is 9.10. The van der Waals surface area contributed by atoms with Crippen LogP contribution in [0.1, 0.15) is 5.56 Å². The van der Waals surface area contributed by atoms with E-state index < -0.39 is 0 Å². The smallest absolute Gasteiger partial charge is 0.250 e. The van der Waals surface area contributed by atoms with Gasteiger partial charge >= 0.3 is 0 Å². The van der Waals surface area contributed by atoms with E-state index in [2.05, 4.69) is 36.3 Å². The molecule has 0 spiro atoms. The number of anilines is 1. The van der Waals surface area contributed by atoms with Gasteiger partial charge in [0.1, 0.15) is 16.4 Å². The topological polar surface area (TPSA) is 77.1 Å². The summed E-state index contributed by atoms with van der Waals surface area (Å²) in [6, 6.07) is 11.2. The highest BCUT2D eigenvalue weighted by Crippen LogP contribution is 2.20. The van der Waals surface area contributed by atoms with Crippen LogP contribution in [0.25, 0.3) is 16.8 Å². The van der Waals surface area contributed by atoms with Crippen molar-refractivity contribution >= 4 is 27.3 Å². The Morgan fingerprint density at radius 3 is 2.77 bits per heavy atom. The first-order valence-corrected chi connectivity index (χ1v) is 8.75. The molecule has 0 aliphatic rings. The van der Waals surface area contributed by atoms with Gasteiger partial charge in [0.05, 0.1) is 5.69 Å². The second-order valence-corrected chi connectivity index (χ2v) is 6.65. The van der Waals surface area contributed by atoms with Crippen molar-refractivity contribution < 1.29 is 0 Å². The predicted molar refractivity (Wildman–Crippen MR) is 103 cm³/mol. The van der Waals surface area contributed by atoms with Crippen molar-refractivity contribution in [2.24, 2.45) is 7.05 Å². The Morgan fingerprint density at radius 1 is 1.12 bits per heavy atom. The van der Waals surface area contributed by atoms with Crippen LogP contribution in [0.2, 0.25) is 0 Å². The number of aromatic nitrogens is 5. The monoisotopic (exact) mass is 410 g/mol. The molecule has 0 aromatic carbocycles. The fraction of sp³-hybridized carbons (Fsp3) is 0.111. The lowest BCUT2D eigenvalue weighted by atomic mass is 10.1. The van der Waals surface area contributed by atoms with Gasteiger partial charge in [0.2, 0.25) is 5.56 Å². The summed E-state index contributed by atoms with van der Waals surface area (Å²) in [6.45, 7) is 0.593. The standard InChI is InChI=1S/C18H15BrN6O/c1-24-10-13(3-7-17(24)26)14-4-2-12(8-20-14)9-21-18-15-5-6-16(19)25(15)23-11-22-18/h2-8,10-11H,9H2,1H3,(H,21,22,23). The van der Waals surface area contributed by atoms with E-state index in [-0.39, 0.29) is 5.56 Å². The second kappa shape index (κ2) is 6.72. The molecule has 130 valence electrons. The fourth-order valence-electron chi connectivity index (χ4n) is 2.67. The molecule has 0 unspecified atom stereocenters. The van der Waals surface area contributed by atoms with Crippen LogP contribution in [-0.2, 0) is 13.6 Å². The molecule has 0 fully saturated rings. The van der Waals surface area contributed by atoms with Gasteiger partial charge in [-0.25, -0.2) is 9.50 Å². The molecule has 0 radical (unpaired) electrons. The summed E-state index contributed by atoms with van der Waals surface area (Å²) in [5.41, 5.74) is 3.62. The molecule has 0 atom stereocenters. The predicted octanol–water partition coefficient (Wildman–Crippen LogP) is 2.86. The van der Waals surface area contributed by atoms with E-state index in [9.17, 15) is 4.79 Å². The van der Waals surface area contributed by atoms with Gasteiger partial charge in [0, 0.05) is 37.6 Å². The molecule has 26 heavy (non-hydrogen) atoms. The van der Waals surface area contributed by atoms with Gasteiger partial charge in [-0.2, -0.15) is 5.10 Å². The van der Waals surface area contributed by atoms with Crippen LogP contribution in [0.4, 0.5) is 5.82 Å². The normalized spacial score (nSPS) is 11.0. The summed E-state index contributed by atoms with van der Waals surface area (Å²) in [7, 11) is 1.73. The second-order valence-electron chi connectivity index (χ2n) is 5.83. The van der Waals surface area contributed by atoms with E-state index in [0.717, 1.165) is 32.8 Å². The maximum Gasteiger partial charge on any atom is 0.250 e. The highest BCUT2D eigenvalue weighted by Gasteiger charge is 2.07. The summed E-state index contributed by atoms with van der Waals surface area (Å²) in [5, 5.41) is 7.51. The van der Waals surface area contributed by atoms with Crippen molar-refractivity contribution in [2.75, 3.05) is 5.32 Å². The SMILES string of the molecule is Cn1cc(-c2ccc(CNc3ncnn4c(Br)ccc34)cn2)ccc1=O. The Hall–Kier alpha value is -3.00. The van der Waals surface area contributed by atoms with Gasteiger partial charge in [-0.3, -0.25) is 9.78 Å². The van der Waals surface area contributed by atoms with Crippen molar-refractivity contribution in [1.29, 1.82) is 0 Å². The van der Waals surface area contributed by atoms with E-state index in [4.69, 9.17) is 0 Å². The van der Waals surface area contributed by atoms with Crippen LogP contribution >= 0.6 is 15.9 Å². The lowest BCUT2D eigenvalue weighted by molar-refractivity contribution is 0.861. The first kappa shape index (κ1) is 16.5. The quantitative estimate of drug-likeness (QED) is 0.559. The molecule has 0 aliphatic carbocycles. The minimum atomic E-state index is -0.0391. The number of aryl methyl sites for hydroxylation is 1. The minimum absolute atomic E-state index is 0.0391. The zero-order valence-corrected chi connectivity index (χ0v) is 15.5. The van der Waals surface area contributed by atoms with Crippen molar-refractivity contribution in [3.63, 3.8) is 0 Å². The number of rotatable bonds is 4. The molecule has 0 amide bonds. The molecule has 4 aromatic rings. The minimum Gasteiger partial charge on any atom is -0.364 e. The van der Waals surface area contributed by atoms with Crippen LogP contribution < -0.4 is 10.9 Å². The third-order valence-corrected chi connectivity index (χ3v) is 4.67. The van der Waals surface area contributed by atoms with Gasteiger partial charge in [-0.1, -0.05) is 6.07 Å². The Morgan fingerprint density at radius 2 is 2.00 bits per heavy atom. The average Bonchev–Trinajstić information content (AvgIpc) is 3.04. The van der Waals surface area contributed by atoms with E-state index >= 15 is 0 Å². The molecule has 8 heteroatoms. The van der Waals surface area contributed by atoms with Crippen molar-refractivity contribution in [3.8, 4) is 11.3 Å². The van der Waals surface area contributed by atoms with E-state index in [0.29, 0.717) is 6.54 Å². The summed E-state index contributed by atoms with van der Waals surface area (Å²) in [5.74, 6) is 0.757. The molecule has 0 bridgehead atoms. The van der Waals surface area contributed by atoms with Crippen LogP contribution in [0.5, 0.6) is 0 Å². The third-order valence-electron chi connectivity index (χ3n) is 4.07. The highest BCUT2D eigenvalue weighted by atomic mass is 79.9. The Kier molecular flexibility index (Phi) is 4.26. The summed E-state index contributed by atoms with van der Waals surface area (Å²) < 4.78 is 4.19. The number of nitrogens with one attached hydrogen (secondary N) is 1. The number of halogens is 1. The summed E-state index contributed by atoms with van der Waals surface area (Å²) in [4.78, 5) is 20.3. The Balaban J connectivity index is 1.52. The molecule has 4 aromatic heterocycles. The number of hydrogen-bond acceptors (Lipinski definition) is 5. The number of pyridine rings is 2. The Labute approximate surface area is 157 Å². The molecule has 0 saturated heterocycles. The average molecular weight is 411 g/mol. The van der Waals surface area contributed by atoms with Crippen LogP contribution in [-0.4, -0.2) is 24.1 Å². The van der Waals surface area contributed by atoms with Crippen LogP contribution in [0, 0.1) is 0 Å². The Bertz CT molecular complexity index is 1130. The number of nitrogens with zero attached hydrogens (tertiary/aromatic N) is 5. The first-order valence-electron chi connectivity index (χ1n) is 7.96. The first-order chi connectivity index (χ1) is 12.6. The summed E-state index contributed by atoms with van der Waals surface area (Å²) >= 11 is 3.45. The lowest BCUT2D eigenvalue weighted by Gasteiger charge is -2.08. The van der Waals surface area contributed by atoms with Gasteiger partial charge < -0.3 is 9.88 Å². The molecular formula is C18H15BrN6O. The van der Waals surface area contributed by atoms with Crippen molar-refractivity contribution in [2.45, 2.75) is 6.54 Å². The fourth-order valence-corrected chi connectivity index (χ4v) is 3.08. The third kappa shape index (κ3) is 3.11. The summed E-state index contributed by atoms with van der Waals surface area (Å²) in [6.07, 6.45) is 5.12. The molecular weight excluding hydrogens is 396 g/mol. The zero-order valence-electron chi connectivity index (χ0n) is 13.9. The molecule has 4 heterocycles. The van der Waals surface area contributed by atoms with Gasteiger partial charge in [0.25, 0.3) is 0 Å². The van der Waals surface area contributed by atoms with Crippen LogP contribution in [0.15, 0.2) is 64.5 Å². The van der Waals surface area contributed by atoms with Gasteiger partial charge in [0.15, 0.2) is 5.82 Å². The number of hydrogen-bond donors (Lipinski definition) is 1. The number of fused-ring (bicyclic) bond motifs is 1. The molecule has 1 N–H and O–H groups in total. The van der Waals surface area contributed by atoms with Crippen molar-refractivity contribution in [1.82, 2.24) is 24.1 Å². The van der Waals surface area contributed by atoms with Gasteiger partial charge in [-0.15, -0.1) is 0 Å². The lowest BCUT2D eigenvalue weighted by Crippen LogP contribution is -2.14. The maximum atomic E-state index is 11.5. The molecule has 0 aliphatic heterocycles. The molecule has 7 nitrogen and oxygen atoms in total. The zero-order chi connectivity index (χ0) is 18.1. The van der Waals surface area contributed by atoms with E-state index in [1.165, 1.54) is 6.33 Å². The van der Waals surface area contributed by atoms with Gasteiger partial charge in [-0.05, 0) is 45.8 Å². The maximum absolute atomic E-state index is 11.5. The van der Waals surface area contributed by atoms with Crippen LogP contribution in [0.3, 0.4) is 0 Å². The largest absolute Gasteiger partial charge is 0.364 e. The van der Waals surface area contributed by atoms with E-state index in [1.54, 1.807) is 34.5 Å². The van der Waals surface area contributed by atoms with Crippen molar-refractivity contribution in [3.05, 3.63) is 75.6 Å².